The Morgan fingerprint density at radius 2 is 2.17 bits per heavy atom. The zero-order valence-electron chi connectivity index (χ0n) is 17.6. The van der Waals surface area contributed by atoms with Crippen LogP contribution in [0, 0.1) is 12.7 Å². The molecule has 0 unspecified atom stereocenters. The zero-order valence-corrected chi connectivity index (χ0v) is 18.4. The van der Waals surface area contributed by atoms with Gasteiger partial charge in [-0.2, -0.15) is 0 Å². The van der Waals surface area contributed by atoms with E-state index >= 15 is 0 Å². The van der Waals surface area contributed by atoms with E-state index in [0.29, 0.717) is 31.1 Å². The van der Waals surface area contributed by atoms with Gasteiger partial charge in [0.15, 0.2) is 0 Å². The Morgan fingerprint density at radius 3 is 2.87 bits per heavy atom. The number of para-hydroxylation sites is 1. The molecule has 162 valence electrons. The number of hydrogen-bond donors (Lipinski definition) is 2. The summed E-state index contributed by atoms with van der Waals surface area (Å²) in [6, 6.07) is 4.92. The number of aromatic nitrogens is 2. The minimum absolute atomic E-state index is 0.00238. The first-order valence-corrected chi connectivity index (χ1v) is 10.2. The van der Waals surface area contributed by atoms with Crippen molar-refractivity contribution in [3.8, 4) is 0 Å². The Balaban J connectivity index is 1.67. The van der Waals surface area contributed by atoms with Gasteiger partial charge in [0.1, 0.15) is 17.2 Å². The highest BCUT2D eigenvalue weighted by Crippen LogP contribution is 2.24. The summed E-state index contributed by atoms with van der Waals surface area (Å²) < 4.78 is 19.5. The van der Waals surface area contributed by atoms with Crippen LogP contribution in [0.4, 0.5) is 20.7 Å². The molecule has 1 saturated heterocycles. The third-order valence-electron chi connectivity index (χ3n) is 4.69. The summed E-state index contributed by atoms with van der Waals surface area (Å²) in [5, 5.41) is 6.57. The molecule has 30 heavy (non-hydrogen) atoms. The fraction of sp³-hybridized carbons (Fsp3) is 0.476. The highest BCUT2D eigenvalue weighted by atomic mass is 35.5. The van der Waals surface area contributed by atoms with Gasteiger partial charge in [-0.1, -0.05) is 12.1 Å². The first kappa shape index (κ1) is 22.1. The average molecular weight is 436 g/mol. The number of rotatable bonds is 5. The van der Waals surface area contributed by atoms with E-state index in [-0.39, 0.29) is 23.2 Å². The quantitative estimate of drug-likeness (QED) is 0.667. The number of ether oxygens (including phenoxy) is 1. The molecule has 7 nitrogen and oxygen atoms in total. The van der Waals surface area contributed by atoms with E-state index in [2.05, 4.69) is 20.6 Å². The van der Waals surface area contributed by atoms with Crippen molar-refractivity contribution in [3.05, 3.63) is 46.6 Å². The van der Waals surface area contributed by atoms with Crippen LogP contribution >= 0.6 is 11.6 Å². The van der Waals surface area contributed by atoms with E-state index in [1.807, 2.05) is 33.8 Å². The minimum atomic E-state index is -0.535. The molecule has 2 aromatic rings. The molecule has 0 saturated carbocycles. The number of halogens is 2. The standard InChI is InChI=1S/C21H27ClFN5O2/c1-13-6-5-7-16(23)17(13)24-10-14-11-25-19(22)27-18(14)26-15-8-9-28(12-15)20(29)30-21(2,3)4/h5-7,11,15,24H,8-10,12H2,1-4H3,(H,25,26,27)/t15-/m1/s1. The molecule has 9 heteroatoms. The molecule has 1 aromatic heterocycles. The smallest absolute Gasteiger partial charge is 0.410 e. The Kier molecular flexibility index (Phi) is 6.65. The van der Waals surface area contributed by atoms with Gasteiger partial charge in [-0.3, -0.25) is 0 Å². The SMILES string of the molecule is Cc1cccc(F)c1NCc1cnc(Cl)nc1N[C@@H]1CCN(C(=O)OC(C)(C)C)C1. The van der Waals surface area contributed by atoms with Gasteiger partial charge >= 0.3 is 6.09 Å². The lowest BCUT2D eigenvalue weighted by molar-refractivity contribution is 0.0293. The fourth-order valence-corrected chi connectivity index (χ4v) is 3.38. The lowest BCUT2D eigenvalue weighted by atomic mass is 10.2. The van der Waals surface area contributed by atoms with Gasteiger partial charge in [-0.25, -0.2) is 19.2 Å². The van der Waals surface area contributed by atoms with Gasteiger partial charge in [0.25, 0.3) is 0 Å². The number of nitrogens with zero attached hydrogens (tertiary/aromatic N) is 3. The molecule has 1 aliphatic rings. The van der Waals surface area contributed by atoms with E-state index in [1.165, 1.54) is 6.07 Å². The number of benzene rings is 1. The summed E-state index contributed by atoms with van der Waals surface area (Å²) in [4.78, 5) is 22.3. The number of hydrogen-bond acceptors (Lipinski definition) is 6. The van der Waals surface area contributed by atoms with Gasteiger partial charge in [0.05, 0.1) is 5.69 Å². The normalized spacial score (nSPS) is 16.5. The van der Waals surface area contributed by atoms with Crippen LogP contribution in [0.5, 0.6) is 0 Å². The van der Waals surface area contributed by atoms with E-state index < -0.39 is 5.60 Å². The van der Waals surface area contributed by atoms with Crippen LogP contribution in [0.25, 0.3) is 0 Å². The van der Waals surface area contributed by atoms with Gasteiger partial charge < -0.3 is 20.3 Å². The predicted molar refractivity (Wildman–Crippen MR) is 115 cm³/mol. The van der Waals surface area contributed by atoms with Crippen LogP contribution in [0.1, 0.15) is 38.3 Å². The van der Waals surface area contributed by atoms with Crippen molar-refractivity contribution < 1.29 is 13.9 Å². The van der Waals surface area contributed by atoms with Crippen LogP contribution in [0.3, 0.4) is 0 Å². The van der Waals surface area contributed by atoms with Gasteiger partial charge in [-0.05, 0) is 57.3 Å². The number of likely N-dealkylation sites (tertiary alicyclic amines) is 1. The average Bonchev–Trinajstić information content (AvgIpc) is 3.10. The number of nitrogens with one attached hydrogen (secondary N) is 2. The topological polar surface area (TPSA) is 79.4 Å². The molecule has 0 spiro atoms. The molecule has 1 aliphatic heterocycles. The Hall–Kier alpha value is -2.61. The fourth-order valence-electron chi connectivity index (χ4n) is 3.24. The molecule has 3 rings (SSSR count). The summed E-state index contributed by atoms with van der Waals surface area (Å²) in [6.45, 7) is 8.78. The van der Waals surface area contributed by atoms with Crippen LogP contribution in [-0.2, 0) is 11.3 Å². The first-order valence-electron chi connectivity index (χ1n) is 9.87. The van der Waals surface area contributed by atoms with Crippen LogP contribution in [0.2, 0.25) is 5.28 Å². The number of amides is 1. The predicted octanol–water partition coefficient (Wildman–Crippen LogP) is 4.61. The van der Waals surface area contributed by atoms with Gasteiger partial charge in [0.2, 0.25) is 5.28 Å². The second kappa shape index (κ2) is 9.04. The summed E-state index contributed by atoms with van der Waals surface area (Å²) in [5.41, 5.74) is 1.46. The molecular weight excluding hydrogens is 409 g/mol. The maximum atomic E-state index is 14.1. The first-order chi connectivity index (χ1) is 14.1. The maximum absolute atomic E-state index is 14.1. The van der Waals surface area contributed by atoms with E-state index in [9.17, 15) is 9.18 Å². The van der Waals surface area contributed by atoms with Gasteiger partial charge in [-0.15, -0.1) is 0 Å². The molecule has 0 aliphatic carbocycles. The molecule has 2 heterocycles. The summed E-state index contributed by atoms with van der Waals surface area (Å²) in [7, 11) is 0. The molecule has 1 amide bonds. The van der Waals surface area contributed by atoms with Crippen molar-refractivity contribution in [2.75, 3.05) is 23.7 Å². The van der Waals surface area contributed by atoms with Gasteiger partial charge in [0, 0.05) is 37.4 Å². The molecular formula is C21H27ClFN5O2. The third kappa shape index (κ3) is 5.72. The van der Waals surface area contributed by atoms with E-state index in [1.54, 1.807) is 17.2 Å². The largest absolute Gasteiger partial charge is 0.444 e. The van der Waals surface area contributed by atoms with Crippen molar-refractivity contribution in [3.63, 3.8) is 0 Å². The molecule has 1 atom stereocenters. The summed E-state index contributed by atoms with van der Waals surface area (Å²) in [6.07, 6.45) is 2.03. The minimum Gasteiger partial charge on any atom is -0.444 e. The third-order valence-corrected chi connectivity index (χ3v) is 4.88. The Bertz CT molecular complexity index is 899. The van der Waals surface area contributed by atoms with Crippen LogP contribution in [-0.4, -0.2) is 45.7 Å². The second-order valence-corrected chi connectivity index (χ2v) is 8.69. The lowest BCUT2D eigenvalue weighted by Crippen LogP contribution is -2.36. The highest BCUT2D eigenvalue weighted by Gasteiger charge is 2.30. The lowest BCUT2D eigenvalue weighted by Gasteiger charge is -2.24. The van der Waals surface area contributed by atoms with Crippen LogP contribution < -0.4 is 10.6 Å². The summed E-state index contributed by atoms with van der Waals surface area (Å²) >= 11 is 5.99. The number of carbonyl (C=O) groups excluding carboxylic acids is 1. The van der Waals surface area contributed by atoms with Crippen molar-refractivity contribution in [2.24, 2.45) is 0 Å². The van der Waals surface area contributed by atoms with Crippen LogP contribution in [0.15, 0.2) is 24.4 Å². The van der Waals surface area contributed by atoms with Crippen molar-refractivity contribution in [2.45, 2.75) is 52.3 Å². The molecule has 1 fully saturated rings. The monoisotopic (exact) mass is 435 g/mol. The molecule has 2 N–H and O–H groups in total. The Labute approximate surface area is 181 Å². The van der Waals surface area contributed by atoms with E-state index in [0.717, 1.165) is 17.5 Å². The summed E-state index contributed by atoms with van der Waals surface area (Å²) in [5.74, 6) is 0.246. The van der Waals surface area contributed by atoms with Crippen molar-refractivity contribution in [1.29, 1.82) is 0 Å². The maximum Gasteiger partial charge on any atom is 0.410 e. The number of aryl methyl sites for hydroxylation is 1. The highest BCUT2D eigenvalue weighted by molar-refractivity contribution is 6.28. The van der Waals surface area contributed by atoms with E-state index in [4.69, 9.17) is 16.3 Å². The van der Waals surface area contributed by atoms with Crippen molar-refractivity contribution in [1.82, 2.24) is 14.9 Å². The molecule has 0 radical (unpaired) electrons. The molecule has 0 bridgehead atoms. The number of anilines is 2. The number of carbonyl (C=O) groups is 1. The second-order valence-electron chi connectivity index (χ2n) is 8.35. The Morgan fingerprint density at radius 1 is 1.40 bits per heavy atom. The van der Waals surface area contributed by atoms with Crippen molar-refractivity contribution >= 4 is 29.2 Å². The molecule has 1 aromatic carbocycles. The zero-order chi connectivity index (χ0) is 21.9.